The minimum atomic E-state index is -0.332. The van der Waals surface area contributed by atoms with Crippen molar-refractivity contribution in [3.05, 3.63) is 21.1 Å². The van der Waals surface area contributed by atoms with Crippen LogP contribution in [0.5, 0.6) is 0 Å². The van der Waals surface area contributed by atoms with E-state index in [0.717, 1.165) is 35.3 Å². The zero-order valence-electron chi connectivity index (χ0n) is 11.5. The summed E-state index contributed by atoms with van der Waals surface area (Å²) in [6.45, 7) is 4.78. The van der Waals surface area contributed by atoms with Gasteiger partial charge in [0, 0.05) is 6.61 Å². The van der Waals surface area contributed by atoms with E-state index < -0.39 is 0 Å². The summed E-state index contributed by atoms with van der Waals surface area (Å²) in [6, 6.07) is 0. The predicted octanol–water partition coefficient (Wildman–Crippen LogP) is 4.65. The summed E-state index contributed by atoms with van der Waals surface area (Å²) in [7, 11) is 0. The summed E-state index contributed by atoms with van der Waals surface area (Å²) in [5, 5.41) is 0.492. The van der Waals surface area contributed by atoms with E-state index in [-0.39, 0.29) is 5.60 Å². The largest absolute Gasteiger partial charge is 0.367 e. The smallest absolute Gasteiger partial charge is 0.162 e. The average Bonchev–Trinajstić information content (AvgIpc) is 2.43. The molecule has 0 radical (unpaired) electrons. The number of hydrogen-bond acceptors (Lipinski definition) is 3. The maximum absolute atomic E-state index is 6.23. The molecule has 2 rings (SSSR count). The van der Waals surface area contributed by atoms with E-state index in [1.165, 1.54) is 19.3 Å². The van der Waals surface area contributed by atoms with Gasteiger partial charge in [0.25, 0.3) is 0 Å². The van der Waals surface area contributed by atoms with Crippen molar-refractivity contribution in [1.82, 2.24) is 9.97 Å². The second kappa shape index (κ2) is 6.51. The second-order valence-corrected chi connectivity index (χ2v) is 6.09. The summed E-state index contributed by atoms with van der Waals surface area (Å²) in [5.41, 5.74) is 0.626. The fourth-order valence-electron chi connectivity index (χ4n) is 2.73. The third-order valence-corrected chi connectivity index (χ3v) is 5.04. The third kappa shape index (κ3) is 3.11. The van der Waals surface area contributed by atoms with Gasteiger partial charge in [0.05, 0.1) is 10.2 Å². The quantitative estimate of drug-likeness (QED) is 0.744. The van der Waals surface area contributed by atoms with Crippen molar-refractivity contribution < 1.29 is 4.74 Å². The van der Waals surface area contributed by atoms with E-state index in [1.807, 2.05) is 6.92 Å². The minimum absolute atomic E-state index is 0.332. The summed E-state index contributed by atoms with van der Waals surface area (Å²) < 4.78 is 6.86. The lowest BCUT2D eigenvalue weighted by Gasteiger charge is -2.35. The van der Waals surface area contributed by atoms with Gasteiger partial charge >= 0.3 is 0 Å². The number of aryl methyl sites for hydroxylation is 1. The molecule has 1 saturated carbocycles. The van der Waals surface area contributed by atoms with Gasteiger partial charge in [-0.3, -0.25) is 0 Å². The molecule has 5 heteroatoms. The zero-order chi connectivity index (χ0) is 13.9. The number of halogens is 2. The van der Waals surface area contributed by atoms with Crippen LogP contribution in [0.1, 0.15) is 57.5 Å². The second-order valence-electron chi connectivity index (χ2n) is 4.94. The molecule has 0 saturated heterocycles. The Bertz CT molecular complexity index is 442. The van der Waals surface area contributed by atoms with Gasteiger partial charge < -0.3 is 4.74 Å². The molecule has 0 atom stereocenters. The van der Waals surface area contributed by atoms with Crippen molar-refractivity contribution in [1.29, 1.82) is 0 Å². The first-order valence-corrected chi connectivity index (χ1v) is 8.16. The van der Waals surface area contributed by atoms with Crippen LogP contribution >= 0.6 is 27.5 Å². The van der Waals surface area contributed by atoms with Gasteiger partial charge in [-0.2, -0.15) is 0 Å². The molecule has 106 valence electrons. The number of nitrogens with zero attached hydrogens (tertiary/aromatic N) is 2. The van der Waals surface area contributed by atoms with Crippen LogP contribution in [-0.2, 0) is 16.8 Å². The van der Waals surface area contributed by atoms with E-state index in [9.17, 15) is 0 Å². The summed E-state index contributed by atoms with van der Waals surface area (Å²) in [6.07, 6.45) is 6.40. The van der Waals surface area contributed by atoms with Gasteiger partial charge in [-0.1, -0.05) is 37.8 Å². The monoisotopic (exact) mass is 346 g/mol. The average molecular weight is 348 g/mol. The molecule has 0 aromatic carbocycles. The molecular weight excluding hydrogens is 328 g/mol. The van der Waals surface area contributed by atoms with E-state index >= 15 is 0 Å². The molecule has 1 heterocycles. The first-order chi connectivity index (χ1) is 9.13. The Kier molecular flexibility index (Phi) is 5.21. The van der Waals surface area contributed by atoms with Crippen molar-refractivity contribution >= 4 is 27.5 Å². The van der Waals surface area contributed by atoms with E-state index in [0.29, 0.717) is 11.8 Å². The molecule has 0 N–H and O–H groups in total. The van der Waals surface area contributed by atoms with E-state index in [1.54, 1.807) is 0 Å². The molecule has 1 aromatic rings. The molecule has 1 fully saturated rings. The van der Waals surface area contributed by atoms with Crippen LogP contribution in [0.3, 0.4) is 0 Å². The molecule has 0 unspecified atom stereocenters. The molecule has 0 spiro atoms. The molecule has 0 aliphatic heterocycles. The van der Waals surface area contributed by atoms with Crippen LogP contribution in [0.4, 0.5) is 0 Å². The van der Waals surface area contributed by atoms with Crippen LogP contribution in [0.25, 0.3) is 0 Å². The SMILES string of the molecule is CCOC1(c2nc(Cl)c(Br)c(CC)n2)CCCCC1. The van der Waals surface area contributed by atoms with Gasteiger partial charge in [0.2, 0.25) is 0 Å². The van der Waals surface area contributed by atoms with E-state index in [4.69, 9.17) is 21.3 Å². The molecular formula is C14H20BrClN2O. The van der Waals surface area contributed by atoms with Gasteiger partial charge in [0.15, 0.2) is 5.82 Å². The number of hydrogen-bond donors (Lipinski definition) is 0. The van der Waals surface area contributed by atoms with Crippen molar-refractivity contribution in [2.24, 2.45) is 0 Å². The number of ether oxygens (including phenoxy) is 1. The minimum Gasteiger partial charge on any atom is -0.367 e. The maximum Gasteiger partial charge on any atom is 0.162 e. The van der Waals surface area contributed by atoms with Crippen LogP contribution in [0.15, 0.2) is 4.47 Å². The molecule has 0 bridgehead atoms. The first-order valence-electron chi connectivity index (χ1n) is 6.99. The Labute approximate surface area is 128 Å². The molecule has 1 aliphatic rings. The fourth-order valence-corrected chi connectivity index (χ4v) is 3.38. The molecule has 3 nitrogen and oxygen atoms in total. The molecule has 0 amide bonds. The van der Waals surface area contributed by atoms with Crippen molar-refractivity contribution in [2.75, 3.05) is 6.61 Å². The van der Waals surface area contributed by atoms with E-state index in [2.05, 4.69) is 27.8 Å². The van der Waals surface area contributed by atoms with Gasteiger partial charge in [0.1, 0.15) is 10.8 Å². The Balaban J connectivity index is 2.44. The van der Waals surface area contributed by atoms with Crippen molar-refractivity contribution in [2.45, 2.75) is 58.0 Å². The molecule has 19 heavy (non-hydrogen) atoms. The van der Waals surface area contributed by atoms with Gasteiger partial charge in [-0.05, 0) is 42.1 Å². The highest BCUT2D eigenvalue weighted by Crippen LogP contribution is 2.40. The van der Waals surface area contributed by atoms with Gasteiger partial charge in [-0.15, -0.1) is 0 Å². The summed E-state index contributed by atoms with van der Waals surface area (Å²) in [5.74, 6) is 0.763. The lowest BCUT2D eigenvalue weighted by Crippen LogP contribution is -2.35. The van der Waals surface area contributed by atoms with Gasteiger partial charge in [-0.25, -0.2) is 9.97 Å². The topological polar surface area (TPSA) is 35.0 Å². The number of aromatic nitrogens is 2. The van der Waals surface area contributed by atoms with Crippen LogP contribution in [0, 0.1) is 0 Å². The normalized spacial score (nSPS) is 18.5. The molecule has 1 aromatic heterocycles. The standard InChI is InChI=1S/C14H20BrClN2O/c1-3-10-11(15)12(16)18-13(17-10)14(19-4-2)8-6-5-7-9-14/h3-9H2,1-2H3. The Morgan fingerprint density at radius 3 is 2.47 bits per heavy atom. The maximum atomic E-state index is 6.23. The number of rotatable bonds is 4. The lowest BCUT2D eigenvalue weighted by atomic mass is 9.83. The molecule has 1 aliphatic carbocycles. The Hall–Kier alpha value is -0.190. The van der Waals surface area contributed by atoms with Crippen molar-refractivity contribution in [3.63, 3.8) is 0 Å². The summed E-state index contributed by atoms with van der Waals surface area (Å²) >= 11 is 9.68. The third-order valence-electron chi connectivity index (χ3n) is 3.70. The highest BCUT2D eigenvalue weighted by Gasteiger charge is 2.38. The van der Waals surface area contributed by atoms with Crippen LogP contribution < -0.4 is 0 Å². The van der Waals surface area contributed by atoms with Crippen LogP contribution in [0.2, 0.25) is 5.15 Å². The lowest BCUT2D eigenvalue weighted by molar-refractivity contribution is -0.0768. The van der Waals surface area contributed by atoms with Crippen LogP contribution in [-0.4, -0.2) is 16.6 Å². The Morgan fingerprint density at radius 2 is 1.89 bits per heavy atom. The highest BCUT2D eigenvalue weighted by molar-refractivity contribution is 9.10. The Morgan fingerprint density at radius 1 is 1.21 bits per heavy atom. The highest BCUT2D eigenvalue weighted by atomic mass is 79.9. The predicted molar refractivity (Wildman–Crippen MR) is 80.5 cm³/mol. The first kappa shape index (κ1) is 15.2. The van der Waals surface area contributed by atoms with Crippen molar-refractivity contribution in [3.8, 4) is 0 Å². The fraction of sp³-hybridized carbons (Fsp3) is 0.714. The zero-order valence-corrected chi connectivity index (χ0v) is 13.9. The summed E-state index contributed by atoms with van der Waals surface area (Å²) in [4.78, 5) is 9.18.